The van der Waals surface area contributed by atoms with Crippen LogP contribution in [0.5, 0.6) is 0 Å². The Morgan fingerprint density at radius 3 is 2.79 bits per heavy atom. The third kappa shape index (κ3) is 3.26. The van der Waals surface area contributed by atoms with Gasteiger partial charge in [-0.1, -0.05) is 0 Å². The van der Waals surface area contributed by atoms with Crippen LogP contribution in [0.25, 0.3) is 0 Å². The molecule has 2 rings (SSSR count). The predicted octanol–water partition coefficient (Wildman–Crippen LogP) is 0.948. The van der Waals surface area contributed by atoms with Gasteiger partial charge in [-0.15, -0.1) is 11.8 Å². The van der Waals surface area contributed by atoms with Crippen molar-refractivity contribution in [2.45, 2.75) is 11.0 Å². The van der Waals surface area contributed by atoms with Crippen molar-refractivity contribution in [3.63, 3.8) is 0 Å². The fourth-order valence-electron chi connectivity index (χ4n) is 1.66. The van der Waals surface area contributed by atoms with E-state index in [2.05, 4.69) is 5.32 Å². The van der Waals surface area contributed by atoms with E-state index >= 15 is 0 Å². The second kappa shape index (κ2) is 5.10. The number of halogens is 1. The van der Waals surface area contributed by atoms with Crippen LogP contribution in [0.4, 0.5) is 10.1 Å². The first kappa shape index (κ1) is 14.3. The van der Waals surface area contributed by atoms with Crippen LogP contribution >= 0.6 is 11.8 Å². The lowest BCUT2D eigenvalue weighted by atomic mass is 10.1. The first-order chi connectivity index (χ1) is 8.78. The molecular formula is C11H12FNO4S2. The van der Waals surface area contributed by atoms with Crippen LogP contribution in [0, 0.1) is 5.82 Å². The van der Waals surface area contributed by atoms with Gasteiger partial charge in [0.2, 0.25) is 0 Å². The number of carbonyl (C=O) groups is 1. The van der Waals surface area contributed by atoms with Gasteiger partial charge in [-0.05, 0) is 12.1 Å². The molecule has 2 N–H and O–H groups in total. The zero-order valence-electron chi connectivity index (χ0n) is 10.0. The van der Waals surface area contributed by atoms with E-state index in [1.54, 1.807) is 0 Å². The average Bonchev–Trinajstić information content (AvgIpc) is 2.54. The fraction of sp³-hybridized carbons (Fsp3) is 0.364. The molecule has 0 saturated carbocycles. The lowest BCUT2D eigenvalue weighted by Crippen LogP contribution is -2.10. The van der Waals surface area contributed by atoms with Crippen molar-refractivity contribution in [3.8, 4) is 0 Å². The molecule has 1 atom stereocenters. The summed E-state index contributed by atoms with van der Waals surface area (Å²) in [6.45, 7) is 0. The molecular weight excluding hydrogens is 293 g/mol. The smallest absolute Gasteiger partial charge is 0.257 e. The summed E-state index contributed by atoms with van der Waals surface area (Å²) < 4.78 is 35.7. The molecule has 1 aliphatic heterocycles. The summed E-state index contributed by atoms with van der Waals surface area (Å²) in [5.41, 5.74) is 0.565. The molecule has 104 valence electrons. The molecule has 0 aliphatic carbocycles. The topological polar surface area (TPSA) is 83.5 Å². The van der Waals surface area contributed by atoms with E-state index in [-0.39, 0.29) is 22.0 Å². The van der Waals surface area contributed by atoms with Crippen molar-refractivity contribution in [2.24, 2.45) is 0 Å². The highest BCUT2D eigenvalue weighted by Gasteiger charge is 2.29. The Balaban J connectivity index is 2.16. The van der Waals surface area contributed by atoms with Crippen molar-refractivity contribution >= 4 is 33.2 Å². The molecule has 0 saturated heterocycles. The molecule has 1 aromatic rings. The number of hydrogen-bond acceptors (Lipinski definition) is 5. The zero-order chi connectivity index (χ0) is 14.2. The number of rotatable bonds is 4. The van der Waals surface area contributed by atoms with Crippen LogP contribution in [0.3, 0.4) is 0 Å². The van der Waals surface area contributed by atoms with Crippen molar-refractivity contribution in [3.05, 3.63) is 23.5 Å². The minimum absolute atomic E-state index is 0.0524. The minimum atomic E-state index is -3.09. The third-order valence-electron chi connectivity index (χ3n) is 2.62. The first-order valence-electron chi connectivity index (χ1n) is 5.41. The van der Waals surface area contributed by atoms with Crippen LogP contribution in [0.15, 0.2) is 17.0 Å². The normalized spacial score (nSPS) is 18.3. The molecule has 19 heavy (non-hydrogen) atoms. The van der Waals surface area contributed by atoms with Gasteiger partial charge in [0.05, 0.1) is 5.75 Å². The Kier molecular flexibility index (Phi) is 3.84. The number of anilines is 1. The van der Waals surface area contributed by atoms with Crippen LogP contribution in [-0.4, -0.2) is 37.2 Å². The summed E-state index contributed by atoms with van der Waals surface area (Å²) in [6, 6.07) is 2.51. The molecule has 0 spiro atoms. The fourth-order valence-corrected chi connectivity index (χ4v) is 3.82. The van der Waals surface area contributed by atoms with Gasteiger partial charge in [-0.3, -0.25) is 4.79 Å². The lowest BCUT2D eigenvalue weighted by Gasteiger charge is -2.06. The average molecular weight is 305 g/mol. The monoisotopic (exact) mass is 305 g/mol. The van der Waals surface area contributed by atoms with Crippen molar-refractivity contribution < 1.29 is 22.7 Å². The number of sulfone groups is 1. The molecule has 0 aromatic heterocycles. The van der Waals surface area contributed by atoms with Gasteiger partial charge >= 0.3 is 0 Å². The Bertz CT molecular complexity index is 630. The van der Waals surface area contributed by atoms with Gasteiger partial charge < -0.3 is 10.4 Å². The standard InChI is InChI=1S/C11H12FNO4S2/c1-19(16,17)3-2-18-9-5-8-6(4-7(9)12)10(14)11(15)13-8/h4-5,10,14H,2-3H2,1H3,(H,13,15). The molecule has 1 unspecified atom stereocenters. The Hall–Kier alpha value is -1.12. The second-order valence-corrected chi connectivity index (χ2v) is 7.64. The number of carbonyl (C=O) groups excluding carboxylic acids is 1. The molecule has 8 heteroatoms. The summed E-state index contributed by atoms with van der Waals surface area (Å²) in [7, 11) is -3.09. The van der Waals surface area contributed by atoms with Gasteiger partial charge in [0, 0.05) is 28.2 Å². The molecule has 1 aliphatic rings. The van der Waals surface area contributed by atoms with Crippen LogP contribution < -0.4 is 5.32 Å². The van der Waals surface area contributed by atoms with E-state index < -0.39 is 27.7 Å². The minimum Gasteiger partial charge on any atom is -0.378 e. The Labute approximate surface area is 114 Å². The molecule has 0 radical (unpaired) electrons. The van der Waals surface area contributed by atoms with Gasteiger partial charge in [-0.2, -0.15) is 0 Å². The molecule has 1 aromatic carbocycles. The summed E-state index contributed by atoms with van der Waals surface area (Å²) in [5, 5.41) is 11.9. The van der Waals surface area contributed by atoms with Crippen LogP contribution in [-0.2, 0) is 14.6 Å². The van der Waals surface area contributed by atoms with E-state index in [1.165, 1.54) is 6.07 Å². The number of benzene rings is 1. The van der Waals surface area contributed by atoms with E-state index in [0.717, 1.165) is 24.1 Å². The highest BCUT2D eigenvalue weighted by Crippen LogP contribution is 2.35. The number of aliphatic hydroxyl groups excluding tert-OH is 1. The van der Waals surface area contributed by atoms with Gasteiger partial charge in [0.15, 0.2) is 6.10 Å². The second-order valence-electron chi connectivity index (χ2n) is 4.24. The molecule has 0 fully saturated rings. The number of nitrogens with one attached hydrogen (secondary N) is 1. The molecule has 1 heterocycles. The SMILES string of the molecule is CS(=O)(=O)CCSc1cc2c(cc1F)C(O)C(=O)N2. The van der Waals surface area contributed by atoms with Crippen molar-refractivity contribution in [2.75, 3.05) is 23.1 Å². The van der Waals surface area contributed by atoms with Gasteiger partial charge in [0.25, 0.3) is 5.91 Å². The molecule has 5 nitrogen and oxygen atoms in total. The first-order valence-corrected chi connectivity index (χ1v) is 8.45. The maximum Gasteiger partial charge on any atom is 0.257 e. The number of fused-ring (bicyclic) bond motifs is 1. The summed E-state index contributed by atoms with van der Waals surface area (Å²) >= 11 is 1.06. The maximum absolute atomic E-state index is 13.7. The highest BCUT2D eigenvalue weighted by atomic mass is 32.2. The number of aliphatic hydroxyl groups is 1. The Morgan fingerprint density at radius 2 is 2.16 bits per heavy atom. The number of thioether (sulfide) groups is 1. The highest BCUT2D eigenvalue weighted by molar-refractivity contribution is 8.00. The van der Waals surface area contributed by atoms with Crippen molar-refractivity contribution in [1.82, 2.24) is 0 Å². The maximum atomic E-state index is 13.7. The Morgan fingerprint density at radius 1 is 1.47 bits per heavy atom. The summed E-state index contributed by atoms with van der Waals surface area (Å²) in [5.74, 6) is -0.991. The van der Waals surface area contributed by atoms with Crippen LogP contribution in [0.2, 0.25) is 0 Å². The third-order valence-corrected chi connectivity index (χ3v) is 4.85. The van der Waals surface area contributed by atoms with Gasteiger partial charge in [0.1, 0.15) is 15.7 Å². The van der Waals surface area contributed by atoms with E-state index in [4.69, 9.17) is 0 Å². The van der Waals surface area contributed by atoms with Crippen molar-refractivity contribution in [1.29, 1.82) is 0 Å². The van der Waals surface area contributed by atoms with Crippen LogP contribution in [0.1, 0.15) is 11.7 Å². The van der Waals surface area contributed by atoms with E-state index in [1.807, 2.05) is 0 Å². The zero-order valence-corrected chi connectivity index (χ0v) is 11.6. The van der Waals surface area contributed by atoms with E-state index in [9.17, 15) is 22.7 Å². The van der Waals surface area contributed by atoms with Gasteiger partial charge in [-0.25, -0.2) is 12.8 Å². The number of hydrogen-bond donors (Lipinski definition) is 2. The largest absolute Gasteiger partial charge is 0.378 e. The van der Waals surface area contributed by atoms with E-state index in [0.29, 0.717) is 5.69 Å². The number of amides is 1. The summed E-state index contributed by atoms with van der Waals surface area (Å²) in [4.78, 5) is 11.5. The quantitative estimate of drug-likeness (QED) is 0.809. The predicted molar refractivity (Wildman–Crippen MR) is 70.4 cm³/mol. The molecule has 0 bridgehead atoms. The molecule has 1 amide bonds. The lowest BCUT2D eigenvalue weighted by molar-refractivity contribution is -0.123. The summed E-state index contributed by atoms with van der Waals surface area (Å²) in [6.07, 6.45) is -0.233.